The fraction of sp³-hybridized carbons (Fsp3) is 0.500. The second kappa shape index (κ2) is 11.7. The van der Waals surface area contributed by atoms with Gasteiger partial charge in [0.25, 0.3) is 0 Å². The van der Waals surface area contributed by atoms with Crippen molar-refractivity contribution in [2.24, 2.45) is 11.1 Å². The number of hydrogen-bond acceptors (Lipinski definition) is 8. The van der Waals surface area contributed by atoms with Crippen molar-refractivity contribution in [3.05, 3.63) is 41.9 Å². The van der Waals surface area contributed by atoms with Crippen molar-refractivity contribution >= 4 is 40.7 Å². The minimum Gasteiger partial charge on any atom is -0.368 e. The summed E-state index contributed by atoms with van der Waals surface area (Å²) in [5.74, 6) is -1.62. The predicted molar refractivity (Wildman–Crippen MR) is 146 cm³/mol. The SMILES string of the molecule is CC(=N)C(C)(O)N(OCC(=O)N[C@H](C(=O)N1CCC[C@H]1C(N)=O)C(C)(C)C)c1ccc(-n2ccnc2)c(Cl)c1. The Morgan fingerprint density at radius 1 is 1.33 bits per heavy atom. The highest BCUT2D eigenvalue weighted by atomic mass is 35.5. The molecule has 39 heavy (non-hydrogen) atoms. The number of likely N-dealkylation sites (tertiary alicyclic amines) is 1. The first-order chi connectivity index (χ1) is 18.1. The Bertz CT molecular complexity index is 1230. The van der Waals surface area contributed by atoms with E-state index in [1.54, 1.807) is 56.2 Å². The van der Waals surface area contributed by atoms with E-state index in [2.05, 4.69) is 10.3 Å². The normalized spacial score (nSPS) is 17.8. The number of amides is 3. The second-order valence-corrected chi connectivity index (χ2v) is 11.2. The Kier molecular flexibility index (Phi) is 9.04. The zero-order valence-corrected chi connectivity index (χ0v) is 23.5. The molecule has 2 heterocycles. The molecule has 0 spiro atoms. The van der Waals surface area contributed by atoms with E-state index < -0.39 is 47.6 Å². The van der Waals surface area contributed by atoms with E-state index in [-0.39, 0.29) is 11.4 Å². The third kappa shape index (κ3) is 6.75. The topological polar surface area (TPSA) is 167 Å². The van der Waals surface area contributed by atoms with Gasteiger partial charge in [-0.2, -0.15) is 0 Å². The molecule has 1 unspecified atom stereocenters. The lowest BCUT2D eigenvalue weighted by Crippen LogP contribution is -2.58. The van der Waals surface area contributed by atoms with E-state index in [0.29, 0.717) is 30.1 Å². The first kappa shape index (κ1) is 30.1. The van der Waals surface area contributed by atoms with Crippen LogP contribution in [-0.2, 0) is 19.2 Å². The molecule has 13 heteroatoms. The molecule has 212 valence electrons. The van der Waals surface area contributed by atoms with Crippen molar-refractivity contribution in [1.29, 1.82) is 5.41 Å². The van der Waals surface area contributed by atoms with Crippen LogP contribution in [0, 0.1) is 10.8 Å². The highest BCUT2D eigenvalue weighted by molar-refractivity contribution is 6.32. The number of carbonyl (C=O) groups excluding carboxylic acids is 3. The van der Waals surface area contributed by atoms with Crippen LogP contribution >= 0.6 is 11.6 Å². The summed E-state index contributed by atoms with van der Waals surface area (Å²) < 4.78 is 1.71. The molecule has 1 aromatic heterocycles. The number of imidazole rings is 1. The lowest BCUT2D eigenvalue weighted by molar-refractivity contribution is -0.144. The van der Waals surface area contributed by atoms with E-state index >= 15 is 0 Å². The van der Waals surface area contributed by atoms with Gasteiger partial charge >= 0.3 is 0 Å². The maximum Gasteiger partial charge on any atom is 0.249 e. The third-order valence-electron chi connectivity index (χ3n) is 6.66. The summed E-state index contributed by atoms with van der Waals surface area (Å²) in [6.07, 6.45) is 6.03. The van der Waals surface area contributed by atoms with Crippen LogP contribution in [0.25, 0.3) is 5.69 Å². The number of halogens is 1. The van der Waals surface area contributed by atoms with Crippen LogP contribution in [0.3, 0.4) is 0 Å². The molecule has 1 aliphatic rings. The molecule has 0 radical (unpaired) electrons. The predicted octanol–water partition coefficient (Wildman–Crippen LogP) is 2.02. The second-order valence-electron chi connectivity index (χ2n) is 10.8. The lowest BCUT2D eigenvalue weighted by atomic mass is 9.85. The van der Waals surface area contributed by atoms with E-state index in [9.17, 15) is 19.5 Å². The summed E-state index contributed by atoms with van der Waals surface area (Å²) in [6.45, 7) is 7.93. The molecule has 0 saturated carbocycles. The number of benzene rings is 1. The average Bonchev–Trinajstić information content (AvgIpc) is 3.54. The van der Waals surface area contributed by atoms with E-state index in [1.165, 1.54) is 24.8 Å². The van der Waals surface area contributed by atoms with Crippen molar-refractivity contribution in [3.63, 3.8) is 0 Å². The largest absolute Gasteiger partial charge is 0.368 e. The van der Waals surface area contributed by atoms with Gasteiger partial charge in [-0.3, -0.25) is 19.2 Å². The summed E-state index contributed by atoms with van der Waals surface area (Å²) in [6, 6.07) is 3.16. The average molecular weight is 562 g/mol. The number of nitrogens with one attached hydrogen (secondary N) is 2. The number of hydrogen-bond donors (Lipinski definition) is 4. The zero-order chi connectivity index (χ0) is 29.1. The number of primary amides is 1. The van der Waals surface area contributed by atoms with Crippen LogP contribution in [-0.4, -0.2) is 74.0 Å². The number of nitrogens with two attached hydrogens (primary N) is 1. The number of carbonyl (C=O) groups is 3. The highest BCUT2D eigenvalue weighted by Crippen LogP contribution is 2.31. The Morgan fingerprint density at radius 2 is 2.03 bits per heavy atom. The molecule has 5 N–H and O–H groups in total. The molecule has 3 atom stereocenters. The van der Waals surface area contributed by atoms with Gasteiger partial charge in [0.1, 0.15) is 12.1 Å². The van der Waals surface area contributed by atoms with Crippen LogP contribution in [0.5, 0.6) is 0 Å². The molecule has 1 aliphatic heterocycles. The maximum absolute atomic E-state index is 13.4. The fourth-order valence-electron chi connectivity index (χ4n) is 4.30. The van der Waals surface area contributed by atoms with E-state index in [1.807, 2.05) is 0 Å². The smallest absolute Gasteiger partial charge is 0.249 e. The van der Waals surface area contributed by atoms with Crippen molar-refractivity contribution in [3.8, 4) is 5.69 Å². The number of aromatic nitrogens is 2. The van der Waals surface area contributed by atoms with Gasteiger partial charge in [-0.25, -0.2) is 10.0 Å². The quantitative estimate of drug-likeness (QED) is 0.195. The first-order valence-corrected chi connectivity index (χ1v) is 12.9. The monoisotopic (exact) mass is 561 g/mol. The zero-order valence-electron chi connectivity index (χ0n) is 22.8. The van der Waals surface area contributed by atoms with Gasteiger partial charge in [-0.05, 0) is 50.3 Å². The number of anilines is 1. The molecule has 0 bridgehead atoms. The van der Waals surface area contributed by atoms with Gasteiger partial charge in [0.15, 0.2) is 12.3 Å². The van der Waals surface area contributed by atoms with Crippen LogP contribution < -0.4 is 16.1 Å². The molecule has 1 fully saturated rings. The molecule has 3 rings (SSSR count). The summed E-state index contributed by atoms with van der Waals surface area (Å²) in [7, 11) is 0. The van der Waals surface area contributed by atoms with E-state index in [4.69, 9.17) is 27.6 Å². The summed E-state index contributed by atoms with van der Waals surface area (Å²) in [4.78, 5) is 49.4. The summed E-state index contributed by atoms with van der Waals surface area (Å²) >= 11 is 6.49. The molecule has 0 aliphatic carbocycles. The molecular formula is C26H36ClN7O5. The number of rotatable bonds is 10. The summed E-state index contributed by atoms with van der Waals surface area (Å²) in [5, 5.41) is 23.2. The molecule has 3 amide bonds. The first-order valence-electron chi connectivity index (χ1n) is 12.5. The third-order valence-corrected chi connectivity index (χ3v) is 6.96. The van der Waals surface area contributed by atoms with Crippen molar-refractivity contribution in [2.75, 3.05) is 18.2 Å². The van der Waals surface area contributed by atoms with Gasteiger partial charge in [-0.1, -0.05) is 32.4 Å². The lowest BCUT2D eigenvalue weighted by Gasteiger charge is -2.37. The van der Waals surface area contributed by atoms with Gasteiger partial charge in [0.05, 0.1) is 28.4 Å². The highest BCUT2D eigenvalue weighted by Gasteiger charge is 2.41. The maximum atomic E-state index is 13.4. The molecule has 1 saturated heterocycles. The van der Waals surface area contributed by atoms with Crippen molar-refractivity contribution < 1.29 is 24.3 Å². The minimum absolute atomic E-state index is 0.146. The fourth-order valence-corrected chi connectivity index (χ4v) is 4.58. The number of aliphatic hydroxyl groups is 1. The van der Waals surface area contributed by atoms with Crippen LogP contribution in [0.4, 0.5) is 5.69 Å². The Hall–Kier alpha value is -3.48. The Balaban J connectivity index is 1.80. The molecule has 2 aromatic rings. The number of nitrogens with zero attached hydrogens (tertiary/aromatic N) is 4. The number of hydroxylamine groups is 1. The molecule has 1 aromatic carbocycles. The van der Waals surface area contributed by atoms with Crippen molar-refractivity contribution in [1.82, 2.24) is 19.8 Å². The standard InChI is InChI=1S/C26H36ClN7O5/c1-16(28)26(5,38)34(17-8-9-19(18(27)13-17)32-12-10-30-15-32)39-14-21(35)31-22(25(2,3)4)24(37)33-11-6-7-20(33)23(29)36/h8-10,12-13,15,20,22,28,38H,6-7,11,14H2,1-5H3,(H2,29,36)(H,31,35)/t20-,22+,26?/m0/s1. The summed E-state index contributed by atoms with van der Waals surface area (Å²) in [5.41, 5.74) is 3.64. The van der Waals surface area contributed by atoms with Crippen LogP contribution in [0.1, 0.15) is 47.5 Å². The molecular weight excluding hydrogens is 526 g/mol. The van der Waals surface area contributed by atoms with Gasteiger partial charge in [0.2, 0.25) is 17.7 Å². The molecule has 12 nitrogen and oxygen atoms in total. The van der Waals surface area contributed by atoms with Crippen LogP contribution in [0.2, 0.25) is 5.02 Å². The minimum atomic E-state index is -1.93. The van der Waals surface area contributed by atoms with Gasteiger partial charge < -0.3 is 31.0 Å². The Labute approximate surface area is 232 Å². The van der Waals surface area contributed by atoms with Crippen molar-refractivity contribution in [2.45, 2.75) is 65.3 Å². The van der Waals surface area contributed by atoms with Gasteiger partial charge in [0, 0.05) is 18.9 Å². The van der Waals surface area contributed by atoms with Gasteiger partial charge in [-0.15, -0.1) is 0 Å². The van der Waals surface area contributed by atoms with Crippen LogP contribution in [0.15, 0.2) is 36.9 Å². The Morgan fingerprint density at radius 3 is 2.56 bits per heavy atom. The van der Waals surface area contributed by atoms with E-state index in [0.717, 1.165) is 5.06 Å².